The first-order chi connectivity index (χ1) is 13.0. The quantitative estimate of drug-likeness (QED) is 0.306. The van der Waals surface area contributed by atoms with Gasteiger partial charge < -0.3 is 15.4 Å². The van der Waals surface area contributed by atoms with Crippen molar-refractivity contribution in [3.8, 4) is 5.75 Å². The van der Waals surface area contributed by atoms with Gasteiger partial charge in [0.15, 0.2) is 5.96 Å². The van der Waals surface area contributed by atoms with Crippen LogP contribution in [-0.4, -0.2) is 39.9 Å². The summed E-state index contributed by atoms with van der Waals surface area (Å²) >= 11 is 0. The van der Waals surface area contributed by atoms with Crippen LogP contribution in [-0.2, 0) is 17.3 Å². The molecule has 1 aromatic carbocycles. The minimum Gasteiger partial charge on any atom is -0.491 e. The first kappa shape index (κ1) is 25.2. The largest absolute Gasteiger partial charge is 0.491 e. The molecule has 5 nitrogen and oxygen atoms in total. The van der Waals surface area contributed by atoms with E-state index >= 15 is 0 Å². The molecule has 1 fully saturated rings. The third-order valence-corrected chi connectivity index (χ3v) is 6.42. The standard InChI is InChI=1S/C21H35N3O2S.HI/c1-5-22-21(24-18-8-7-9-20(14-18)27(25)6-2)23-15-17-10-12-19(13-11-17)26-16(3)4;/h10-13,16,18,20H,5-9,14-15H2,1-4H3,(H2,22,23,24);1H. The summed E-state index contributed by atoms with van der Waals surface area (Å²) < 4.78 is 17.8. The molecule has 0 amide bonds. The molecule has 2 rings (SSSR count). The summed E-state index contributed by atoms with van der Waals surface area (Å²) in [5.41, 5.74) is 1.15. The van der Waals surface area contributed by atoms with Crippen molar-refractivity contribution >= 4 is 40.7 Å². The van der Waals surface area contributed by atoms with E-state index in [0.717, 1.165) is 55.3 Å². The molecule has 0 heterocycles. The van der Waals surface area contributed by atoms with E-state index in [-0.39, 0.29) is 30.1 Å². The lowest BCUT2D eigenvalue weighted by Gasteiger charge is -2.30. The van der Waals surface area contributed by atoms with Gasteiger partial charge in [-0.1, -0.05) is 25.5 Å². The molecule has 0 saturated heterocycles. The Morgan fingerprint density at radius 2 is 1.96 bits per heavy atom. The van der Waals surface area contributed by atoms with Crippen LogP contribution in [0.1, 0.15) is 58.9 Å². The molecule has 1 aliphatic rings. The van der Waals surface area contributed by atoms with E-state index in [1.165, 1.54) is 0 Å². The monoisotopic (exact) mass is 521 g/mol. The molecule has 1 aromatic rings. The highest BCUT2D eigenvalue weighted by Gasteiger charge is 2.26. The van der Waals surface area contributed by atoms with Gasteiger partial charge in [0.1, 0.15) is 5.75 Å². The summed E-state index contributed by atoms with van der Waals surface area (Å²) in [6.07, 6.45) is 4.47. The maximum absolute atomic E-state index is 12.2. The van der Waals surface area contributed by atoms with Crippen molar-refractivity contribution in [2.75, 3.05) is 12.3 Å². The normalized spacial score (nSPS) is 21.0. The molecular formula is C21H36IN3O2S. The Hall–Kier alpha value is -0.830. The van der Waals surface area contributed by atoms with Gasteiger partial charge in [0.05, 0.1) is 12.6 Å². The van der Waals surface area contributed by atoms with Crippen LogP contribution in [0.2, 0.25) is 0 Å². The third kappa shape index (κ3) is 8.68. The Morgan fingerprint density at radius 1 is 1.25 bits per heavy atom. The summed E-state index contributed by atoms with van der Waals surface area (Å²) in [6.45, 7) is 9.58. The third-order valence-electron chi connectivity index (χ3n) is 4.68. The van der Waals surface area contributed by atoms with Crippen molar-refractivity contribution < 1.29 is 8.95 Å². The van der Waals surface area contributed by atoms with Gasteiger partial charge >= 0.3 is 0 Å². The van der Waals surface area contributed by atoms with Crippen molar-refractivity contribution in [1.82, 2.24) is 10.6 Å². The smallest absolute Gasteiger partial charge is 0.191 e. The predicted octanol–water partition coefficient (Wildman–Crippen LogP) is 4.23. The summed E-state index contributed by atoms with van der Waals surface area (Å²) in [5.74, 6) is 2.48. The molecule has 28 heavy (non-hydrogen) atoms. The molecule has 2 N–H and O–H groups in total. The molecule has 1 aliphatic carbocycles. The highest BCUT2D eigenvalue weighted by atomic mass is 127. The Bertz CT molecular complexity index is 623. The molecular weight excluding hydrogens is 485 g/mol. The predicted molar refractivity (Wildman–Crippen MR) is 130 cm³/mol. The van der Waals surface area contributed by atoms with E-state index in [9.17, 15) is 4.21 Å². The van der Waals surface area contributed by atoms with E-state index in [1.54, 1.807) is 0 Å². The van der Waals surface area contributed by atoms with Crippen LogP contribution in [0.3, 0.4) is 0 Å². The van der Waals surface area contributed by atoms with Crippen LogP contribution in [0.4, 0.5) is 0 Å². The lowest BCUT2D eigenvalue weighted by atomic mass is 9.95. The second kappa shape index (κ2) is 13.4. The number of benzene rings is 1. The van der Waals surface area contributed by atoms with Gasteiger partial charge in [0.25, 0.3) is 0 Å². The van der Waals surface area contributed by atoms with Crippen LogP contribution in [0.15, 0.2) is 29.3 Å². The van der Waals surface area contributed by atoms with Crippen LogP contribution < -0.4 is 15.4 Å². The fraction of sp³-hybridized carbons (Fsp3) is 0.667. The second-order valence-electron chi connectivity index (χ2n) is 7.31. The fourth-order valence-corrected chi connectivity index (χ4v) is 4.73. The number of aliphatic imine (C=N–C) groups is 1. The Balaban J connectivity index is 0.00000392. The number of ether oxygens (including phenoxy) is 1. The van der Waals surface area contributed by atoms with Crippen molar-refractivity contribution in [3.05, 3.63) is 29.8 Å². The number of nitrogens with one attached hydrogen (secondary N) is 2. The molecule has 3 unspecified atom stereocenters. The molecule has 0 spiro atoms. The highest BCUT2D eigenvalue weighted by molar-refractivity contribution is 14.0. The molecule has 0 radical (unpaired) electrons. The number of nitrogens with zero attached hydrogens (tertiary/aromatic N) is 1. The minimum absolute atomic E-state index is 0. The van der Waals surface area contributed by atoms with Crippen molar-refractivity contribution in [2.24, 2.45) is 4.99 Å². The number of halogens is 1. The van der Waals surface area contributed by atoms with Gasteiger partial charge in [-0.3, -0.25) is 4.21 Å². The number of hydrogen-bond donors (Lipinski definition) is 2. The van der Waals surface area contributed by atoms with Crippen molar-refractivity contribution in [3.63, 3.8) is 0 Å². The molecule has 160 valence electrons. The Kier molecular flexibility index (Phi) is 12.1. The molecule has 0 aromatic heterocycles. The molecule has 0 bridgehead atoms. The first-order valence-corrected chi connectivity index (χ1v) is 11.6. The van der Waals surface area contributed by atoms with Crippen LogP contribution in [0.25, 0.3) is 0 Å². The van der Waals surface area contributed by atoms with E-state index in [0.29, 0.717) is 17.8 Å². The Morgan fingerprint density at radius 3 is 2.57 bits per heavy atom. The number of guanidine groups is 1. The van der Waals surface area contributed by atoms with Crippen molar-refractivity contribution in [1.29, 1.82) is 0 Å². The highest BCUT2D eigenvalue weighted by Crippen LogP contribution is 2.23. The zero-order valence-electron chi connectivity index (χ0n) is 17.6. The summed E-state index contributed by atoms with van der Waals surface area (Å²) in [5, 5.41) is 7.20. The first-order valence-electron chi connectivity index (χ1n) is 10.2. The van der Waals surface area contributed by atoms with Crippen LogP contribution >= 0.6 is 24.0 Å². The van der Waals surface area contributed by atoms with Gasteiger partial charge in [-0.05, 0) is 57.7 Å². The Labute approximate surface area is 190 Å². The van der Waals surface area contributed by atoms with Gasteiger partial charge in [-0.25, -0.2) is 4.99 Å². The van der Waals surface area contributed by atoms with Gasteiger partial charge in [-0.2, -0.15) is 0 Å². The zero-order chi connectivity index (χ0) is 19.6. The van der Waals surface area contributed by atoms with E-state index in [4.69, 9.17) is 9.73 Å². The number of rotatable bonds is 8. The summed E-state index contributed by atoms with van der Waals surface area (Å²) in [4.78, 5) is 4.74. The van der Waals surface area contributed by atoms with Crippen molar-refractivity contribution in [2.45, 2.75) is 77.3 Å². The van der Waals surface area contributed by atoms with E-state index in [2.05, 4.69) is 29.7 Å². The van der Waals surface area contributed by atoms with Gasteiger partial charge in [0, 0.05) is 34.4 Å². The molecule has 0 aliphatic heterocycles. The SMILES string of the molecule is CCNC(=NCc1ccc(OC(C)C)cc1)NC1CCCC(S(=O)CC)C1.I. The topological polar surface area (TPSA) is 62.7 Å². The number of hydrogen-bond acceptors (Lipinski definition) is 3. The van der Waals surface area contributed by atoms with Crippen LogP contribution in [0, 0.1) is 0 Å². The molecule has 1 saturated carbocycles. The van der Waals surface area contributed by atoms with E-state index < -0.39 is 10.8 Å². The van der Waals surface area contributed by atoms with Gasteiger partial charge in [0.2, 0.25) is 0 Å². The summed E-state index contributed by atoms with van der Waals surface area (Å²) in [6, 6.07) is 8.46. The maximum Gasteiger partial charge on any atom is 0.191 e. The lowest BCUT2D eigenvalue weighted by Crippen LogP contribution is -2.46. The average Bonchev–Trinajstić information content (AvgIpc) is 2.66. The van der Waals surface area contributed by atoms with Crippen LogP contribution in [0.5, 0.6) is 5.75 Å². The van der Waals surface area contributed by atoms with Gasteiger partial charge in [-0.15, -0.1) is 24.0 Å². The zero-order valence-corrected chi connectivity index (χ0v) is 20.7. The average molecular weight is 522 g/mol. The molecule has 3 atom stereocenters. The second-order valence-corrected chi connectivity index (χ2v) is 9.31. The lowest BCUT2D eigenvalue weighted by molar-refractivity contribution is 0.242. The minimum atomic E-state index is -0.705. The fourth-order valence-electron chi connectivity index (χ4n) is 3.38. The molecule has 7 heteroatoms. The summed E-state index contributed by atoms with van der Waals surface area (Å²) in [7, 11) is -0.705. The maximum atomic E-state index is 12.2. The van der Waals surface area contributed by atoms with E-state index in [1.807, 2.05) is 32.9 Å².